The molecule has 1 saturated heterocycles. The maximum atomic E-state index is 12.8. The molecule has 1 aromatic rings. The maximum absolute atomic E-state index is 12.8. The molecule has 2 heterocycles. The Balaban J connectivity index is 2.07. The van der Waals surface area contributed by atoms with Crippen molar-refractivity contribution in [2.45, 2.75) is 49.8 Å². The van der Waals surface area contributed by atoms with Crippen LogP contribution in [0, 0.1) is 12.8 Å². The van der Waals surface area contributed by atoms with E-state index in [0.29, 0.717) is 32.2 Å². The number of carbonyl (C=O) groups is 2. The lowest BCUT2D eigenvalue weighted by Crippen LogP contribution is -2.47. The highest BCUT2D eigenvalue weighted by atomic mass is 32.2. The quantitative estimate of drug-likeness (QED) is 0.707. The molecule has 2 unspecified atom stereocenters. The molecule has 0 aromatic carbocycles. The Labute approximate surface area is 152 Å². The smallest absolute Gasteiger partial charge is 0.308 e. The summed E-state index contributed by atoms with van der Waals surface area (Å²) in [7, 11) is -3.70. The largest absolute Gasteiger partial charge is 0.481 e. The van der Waals surface area contributed by atoms with Gasteiger partial charge in [0.25, 0.3) is 10.0 Å². The van der Waals surface area contributed by atoms with Crippen molar-refractivity contribution in [2.75, 3.05) is 13.1 Å². The molecule has 7 nitrogen and oxygen atoms in total. The van der Waals surface area contributed by atoms with Gasteiger partial charge in [0.05, 0.1) is 5.92 Å². The van der Waals surface area contributed by atoms with Gasteiger partial charge in [0.1, 0.15) is 10.3 Å². The minimum Gasteiger partial charge on any atom is -0.481 e. The third kappa shape index (κ3) is 4.59. The molecule has 2 N–H and O–H groups in total. The van der Waals surface area contributed by atoms with Gasteiger partial charge in [0.2, 0.25) is 5.91 Å². The molecule has 1 aliphatic rings. The molecule has 1 fully saturated rings. The minimum absolute atomic E-state index is 0.0184. The van der Waals surface area contributed by atoms with Crippen LogP contribution < -0.4 is 5.32 Å². The molecule has 2 rings (SSSR count). The predicted molar refractivity (Wildman–Crippen MR) is 95.0 cm³/mol. The van der Waals surface area contributed by atoms with Crippen molar-refractivity contribution in [2.24, 2.45) is 5.92 Å². The van der Waals surface area contributed by atoms with Crippen LogP contribution in [0.5, 0.6) is 0 Å². The van der Waals surface area contributed by atoms with Crippen LogP contribution in [0.4, 0.5) is 0 Å². The Morgan fingerprint density at radius 1 is 1.44 bits per heavy atom. The SMILES string of the molecule is CCCC(CNC(=O)C1CCCN1S(=O)(=O)c1ccc(C)s1)C(=O)O. The molecule has 2 atom stereocenters. The first-order valence-electron chi connectivity index (χ1n) is 8.36. The van der Waals surface area contributed by atoms with Crippen molar-refractivity contribution in [3.05, 3.63) is 17.0 Å². The first-order valence-corrected chi connectivity index (χ1v) is 10.6. The van der Waals surface area contributed by atoms with Gasteiger partial charge >= 0.3 is 5.97 Å². The van der Waals surface area contributed by atoms with Gasteiger partial charge in [-0.15, -0.1) is 11.3 Å². The van der Waals surface area contributed by atoms with Crippen molar-refractivity contribution in [3.63, 3.8) is 0 Å². The summed E-state index contributed by atoms with van der Waals surface area (Å²) in [5.74, 6) is -2.02. The standard InChI is InChI=1S/C16H24N2O5S2/c1-3-5-12(16(20)21)10-17-15(19)13-6-4-9-18(13)25(22,23)14-8-7-11(2)24-14/h7-8,12-13H,3-6,9-10H2,1-2H3,(H,17,19)(H,20,21). The van der Waals surface area contributed by atoms with Crippen LogP contribution >= 0.6 is 11.3 Å². The summed E-state index contributed by atoms with van der Waals surface area (Å²) in [6, 6.07) is 2.53. The maximum Gasteiger partial charge on any atom is 0.308 e. The lowest BCUT2D eigenvalue weighted by molar-refractivity contribution is -0.142. The zero-order valence-electron chi connectivity index (χ0n) is 14.4. The second-order valence-electron chi connectivity index (χ2n) is 6.21. The number of aryl methyl sites for hydroxylation is 1. The van der Waals surface area contributed by atoms with Crippen LogP contribution in [0.1, 0.15) is 37.5 Å². The zero-order valence-corrected chi connectivity index (χ0v) is 16.0. The van der Waals surface area contributed by atoms with E-state index in [1.807, 2.05) is 13.8 Å². The Morgan fingerprint density at radius 3 is 2.72 bits per heavy atom. The van der Waals surface area contributed by atoms with E-state index in [0.717, 1.165) is 4.88 Å². The van der Waals surface area contributed by atoms with E-state index < -0.39 is 33.9 Å². The van der Waals surface area contributed by atoms with Gasteiger partial charge in [0.15, 0.2) is 0 Å². The normalized spacial score (nSPS) is 19.7. The van der Waals surface area contributed by atoms with Gasteiger partial charge in [-0.3, -0.25) is 9.59 Å². The summed E-state index contributed by atoms with van der Waals surface area (Å²) < 4.78 is 27.0. The summed E-state index contributed by atoms with van der Waals surface area (Å²) in [6.07, 6.45) is 2.23. The molecule has 0 spiro atoms. The van der Waals surface area contributed by atoms with Crippen molar-refractivity contribution in [3.8, 4) is 0 Å². The van der Waals surface area contributed by atoms with E-state index in [-0.39, 0.29) is 10.8 Å². The lowest BCUT2D eigenvalue weighted by atomic mass is 10.0. The Hall–Kier alpha value is -1.45. The number of carboxylic acids is 1. The van der Waals surface area contributed by atoms with Gasteiger partial charge in [0, 0.05) is 18.0 Å². The number of carbonyl (C=O) groups excluding carboxylic acids is 1. The Kier molecular flexibility index (Phi) is 6.59. The van der Waals surface area contributed by atoms with Crippen molar-refractivity contribution in [1.29, 1.82) is 0 Å². The number of carboxylic acid groups (broad SMARTS) is 1. The van der Waals surface area contributed by atoms with E-state index in [4.69, 9.17) is 5.11 Å². The number of amides is 1. The number of nitrogens with one attached hydrogen (secondary N) is 1. The molecular formula is C16H24N2O5S2. The number of hydrogen-bond acceptors (Lipinski definition) is 5. The fraction of sp³-hybridized carbons (Fsp3) is 0.625. The van der Waals surface area contributed by atoms with Crippen molar-refractivity contribution in [1.82, 2.24) is 9.62 Å². The third-order valence-electron chi connectivity index (χ3n) is 4.29. The van der Waals surface area contributed by atoms with Gasteiger partial charge in [-0.2, -0.15) is 4.31 Å². The van der Waals surface area contributed by atoms with Gasteiger partial charge < -0.3 is 10.4 Å². The average Bonchev–Trinajstić information content (AvgIpc) is 3.20. The summed E-state index contributed by atoms with van der Waals surface area (Å²) in [5.41, 5.74) is 0. The third-order valence-corrected chi connectivity index (χ3v) is 7.67. The highest BCUT2D eigenvalue weighted by Crippen LogP contribution is 2.30. The number of sulfonamides is 1. The summed E-state index contributed by atoms with van der Waals surface area (Å²) >= 11 is 1.18. The van der Waals surface area contributed by atoms with Crippen LogP contribution in [0.25, 0.3) is 0 Å². The first kappa shape index (κ1) is 19.9. The second kappa shape index (κ2) is 8.29. The lowest BCUT2D eigenvalue weighted by Gasteiger charge is -2.23. The highest BCUT2D eigenvalue weighted by molar-refractivity contribution is 7.91. The number of thiophene rings is 1. The molecule has 0 radical (unpaired) electrons. The van der Waals surface area contributed by atoms with Gasteiger partial charge in [-0.1, -0.05) is 13.3 Å². The van der Waals surface area contributed by atoms with Crippen LogP contribution in [0.2, 0.25) is 0 Å². The predicted octanol–water partition coefficient (Wildman–Crippen LogP) is 1.83. The van der Waals surface area contributed by atoms with E-state index >= 15 is 0 Å². The molecule has 9 heteroatoms. The van der Waals surface area contributed by atoms with Gasteiger partial charge in [-0.05, 0) is 38.3 Å². The molecule has 1 amide bonds. The van der Waals surface area contributed by atoms with Crippen LogP contribution in [-0.2, 0) is 19.6 Å². The molecular weight excluding hydrogens is 364 g/mol. The van der Waals surface area contributed by atoms with Crippen LogP contribution in [-0.4, -0.2) is 48.8 Å². The van der Waals surface area contributed by atoms with Crippen LogP contribution in [0.3, 0.4) is 0 Å². The molecule has 25 heavy (non-hydrogen) atoms. The fourth-order valence-corrected chi connectivity index (χ4v) is 6.03. The Bertz CT molecular complexity index is 729. The number of aliphatic carboxylic acids is 1. The monoisotopic (exact) mass is 388 g/mol. The summed E-state index contributed by atoms with van der Waals surface area (Å²) in [6.45, 7) is 4.03. The summed E-state index contributed by atoms with van der Waals surface area (Å²) in [4.78, 5) is 24.5. The topological polar surface area (TPSA) is 104 Å². The van der Waals surface area contributed by atoms with Crippen LogP contribution in [0.15, 0.2) is 16.3 Å². The number of hydrogen-bond donors (Lipinski definition) is 2. The molecule has 0 bridgehead atoms. The van der Waals surface area contributed by atoms with Crippen molar-refractivity contribution < 1.29 is 23.1 Å². The molecule has 0 saturated carbocycles. The van der Waals surface area contributed by atoms with E-state index in [1.54, 1.807) is 12.1 Å². The van der Waals surface area contributed by atoms with E-state index in [2.05, 4.69) is 5.32 Å². The fourth-order valence-electron chi connectivity index (χ4n) is 2.96. The Morgan fingerprint density at radius 2 is 2.16 bits per heavy atom. The van der Waals surface area contributed by atoms with E-state index in [1.165, 1.54) is 15.6 Å². The molecule has 0 aliphatic carbocycles. The van der Waals surface area contributed by atoms with E-state index in [9.17, 15) is 18.0 Å². The minimum atomic E-state index is -3.70. The molecule has 1 aliphatic heterocycles. The second-order valence-corrected chi connectivity index (χ2v) is 9.61. The summed E-state index contributed by atoms with van der Waals surface area (Å²) in [5, 5.41) is 11.8. The zero-order chi connectivity index (χ0) is 18.6. The number of nitrogens with zero attached hydrogens (tertiary/aromatic N) is 1. The molecule has 140 valence electrons. The average molecular weight is 389 g/mol. The highest BCUT2D eigenvalue weighted by Gasteiger charge is 2.40. The molecule has 1 aromatic heterocycles. The first-order chi connectivity index (χ1) is 11.8. The van der Waals surface area contributed by atoms with Crippen molar-refractivity contribution >= 4 is 33.2 Å². The van der Waals surface area contributed by atoms with Gasteiger partial charge in [-0.25, -0.2) is 8.42 Å². The number of rotatable bonds is 8.